The number of hydrogen-bond acceptors (Lipinski definition) is 4. The van der Waals surface area contributed by atoms with E-state index in [9.17, 15) is 10.2 Å². The minimum Gasteiger partial charge on any atom is -0.411 e. The van der Waals surface area contributed by atoms with Crippen molar-refractivity contribution in [2.24, 2.45) is 39.7 Å². The van der Waals surface area contributed by atoms with E-state index in [-0.39, 0.29) is 22.9 Å². The summed E-state index contributed by atoms with van der Waals surface area (Å²) in [5, 5.41) is 34.3. The highest BCUT2D eigenvalue weighted by Crippen LogP contribution is 2.68. The van der Waals surface area contributed by atoms with Gasteiger partial charge < -0.3 is 15.4 Å². The van der Waals surface area contributed by atoms with Crippen LogP contribution in [0.5, 0.6) is 0 Å². The van der Waals surface area contributed by atoms with Gasteiger partial charge in [-0.15, -0.1) is 5.16 Å². The van der Waals surface area contributed by atoms with Crippen LogP contribution in [0.1, 0.15) is 71.6 Å². The molecule has 0 amide bonds. The topological polar surface area (TPSA) is 73.1 Å². The summed E-state index contributed by atoms with van der Waals surface area (Å²) in [6, 6.07) is 0. The Labute approximate surface area is 145 Å². The lowest BCUT2D eigenvalue weighted by Crippen LogP contribution is -2.62. The van der Waals surface area contributed by atoms with Crippen molar-refractivity contribution in [3.63, 3.8) is 0 Å². The van der Waals surface area contributed by atoms with Gasteiger partial charge >= 0.3 is 0 Å². The summed E-state index contributed by atoms with van der Waals surface area (Å²) < 4.78 is 0. The van der Waals surface area contributed by atoms with Crippen molar-refractivity contribution in [2.45, 2.75) is 83.3 Å². The van der Waals surface area contributed by atoms with Crippen LogP contribution in [0.4, 0.5) is 0 Å². The Bertz CT molecular complexity index is 537. The molecular weight excluding hydrogens is 302 g/mol. The third kappa shape index (κ3) is 2.02. The van der Waals surface area contributed by atoms with Crippen LogP contribution in [-0.2, 0) is 0 Å². The predicted octanol–water partition coefficient (Wildman–Crippen LogP) is 3.58. The van der Waals surface area contributed by atoms with E-state index >= 15 is 0 Å². The van der Waals surface area contributed by atoms with Crippen molar-refractivity contribution >= 4 is 6.21 Å². The number of fused-ring (bicyclic) bond motifs is 5. The predicted molar refractivity (Wildman–Crippen MR) is 93.0 cm³/mol. The molecule has 136 valence electrons. The molecule has 4 aliphatic carbocycles. The van der Waals surface area contributed by atoms with E-state index in [0.717, 1.165) is 51.4 Å². The smallest absolute Gasteiger partial charge is 0.0738 e. The first-order valence-electron chi connectivity index (χ1n) is 9.93. The fourth-order valence-electron chi connectivity index (χ4n) is 7.56. The van der Waals surface area contributed by atoms with E-state index in [1.165, 1.54) is 6.42 Å². The lowest BCUT2D eigenvalue weighted by atomic mass is 9.43. The molecule has 4 saturated carbocycles. The SMILES string of the molecule is C[C@]12CC[C@H](O)C[C@H]1CCC1C2CC[C@]2(C)[C@@H](/C=N\O)CC[C@]12O. The molecule has 4 aliphatic rings. The summed E-state index contributed by atoms with van der Waals surface area (Å²) in [6.45, 7) is 4.66. The van der Waals surface area contributed by atoms with Crippen LogP contribution in [0, 0.1) is 34.5 Å². The number of rotatable bonds is 1. The Kier molecular flexibility index (Phi) is 3.82. The van der Waals surface area contributed by atoms with Crippen molar-refractivity contribution in [1.82, 2.24) is 0 Å². The van der Waals surface area contributed by atoms with Gasteiger partial charge in [0.25, 0.3) is 0 Å². The average Bonchev–Trinajstić information content (AvgIpc) is 2.81. The maximum atomic E-state index is 11.8. The van der Waals surface area contributed by atoms with E-state index in [4.69, 9.17) is 5.21 Å². The van der Waals surface area contributed by atoms with Gasteiger partial charge in [-0.3, -0.25) is 0 Å². The van der Waals surface area contributed by atoms with E-state index in [1.807, 2.05) is 0 Å². The summed E-state index contributed by atoms with van der Waals surface area (Å²) in [6.07, 6.45) is 10.7. The summed E-state index contributed by atoms with van der Waals surface area (Å²) in [7, 11) is 0. The van der Waals surface area contributed by atoms with E-state index in [2.05, 4.69) is 19.0 Å². The number of aliphatic hydroxyl groups excluding tert-OH is 1. The number of nitrogens with zero attached hydrogens (tertiary/aromatic N) is 1. The minimum atomic E-state index is -0.619. The van der Waals surface area contributed by atoms with Crippen molar-refractivity contribution in [2.75, 3.05) is 0 Å². The molecule has 0 aromatic heterocycles. The molecule has 0 aromatic rings. The summed E-state index contributed by atoms with van der Waals surface area (Å²) in [5.41, 5.74) is -0.494. The van der Waals surface area contributed by atoms with E-state index < -0.39 is 5.60 Å². The Morgan fingerprint density at radius 2 is 1.75 bits per heavy atom. The molecule has 2 unspecified atom stereocenters. The molecule has 4 rings (SSSR count). The molecule has 4 heteroatoms. The van der Waals surface area contributed by atoms with Gasteiger partial charge in [-0.1, -0.05) is 13.8 Å². The lowest BCUT2D eigenvalue weighted by Gasteiger charge is -2.63. The second kappa shape index (κ2) is 5.44. The lowest BCUT2D eigenvalue weighted by molar-refractivity contribution is -0.206. The molecule has 0 aromatic carbocycles. The molecule has 0 saturated heterocycles. The van der Waals surface area contributed by atoms with Crippen LogP contribution in [0.2, 0.25) is 0 Å². The zero-order valence-electron chi connectivity index (χ0n) is 15.1. The third-order valence-corrected chi connectivity index (χ3v) is 9.14. The van der Waals surface area contributed by atoms with Crippen LogP contribution in [0.25, 0.3) is 0 Å². The minimum absolute atomic E-state index is 0.117. The largest absolute Gasteiger partial charge is 0.411 e. The Morgan fingerprint density at radius 3 is 2.50 bits per heavy atom. The number of oxime groups is 1. The summed E-state index contributed by atoms with van der Waals surface area (Å²) >= 11 is 0. The Balaban J connectivity index is 1.66. The van der Waals surface area contributed by atoms with Gasteiger partial charge in [0, 0.05) is 17.5 Å². The Morgan fingerprint density at radius 1 is 0.958 bits per heavy atom. The molecular formula is C20H33NO3. The molecule has 4 fully saturated rings. The van der Waals surface area contributed by atoms with Gasteiger partial charge in [-0.05, 0) is 81.0 Å². The van der Waals surface area contributed by atoms with Gasteiger partial charge in [-0.2, -0.15) is 0 Å². The van der Waals surface area contributed by atoms with Gasteiger partial charge in [0.05, 0.1) is 11.7 Å². The standard InChI is InChI=1S/C20H33NO3/c1-18-8-6-15(22)11-13(18)3-4-17-16(18)7-9-19(2)14(12-21-24)5-10-20(17,19)23/h12-17,22-24H,3-11H2,1-2H3/b21-12-/t13-,14-,15+,16?,17?,18+,19-,20+/m1/s1. The van der Waals surface area contributed by atoms with Crippen molar-refractivity contribution in [1.29, 1.82) is 0 Å². The van der Waals surface area contributed by atoms with E-state index in [1.54, 1.807) is 6.21 Å². The molecule has 0 aliphatic heterocycles. The molecule has 0 spiro atoms. The van der Waals surface area contributed by atoms with Crippen LogP contribution in [-0.4, -0.2) is 33.3 Å². The second-order valence-corrected chi connectivity index (χ2v) is 9.71. The molecule has 0 bridgehead atoms. The summed E-state index contributed by atoms with van der Waals surface area (Å²) in [5.74, 6) is 1.75. The highest BCUT2D eigenvalue weighted by Gasteiger charge is 2.66. The van der Waals surface area contributed by atoms with Crippen LogP contribution >= 0.6 is 0 Å². The average molecular weight is 335 g/mol. The molecule has 8 atom stereocenters. The first kappa shape index (κ1) is 16.8. The van der Waals surface area contributed by atoms with Gasteiger partial charge in [0.1, 0.15) is 0 Å². The maximum absolute atomic E-state index is 11.8. The number of hydrogen-bond donors (Lipinski definition) is 3. The zero-order chi connectivity index (χ0) is 17.2. The van der Waals surface area contributed by atoms with Gasteiger partial charge in [0.2, 0.25) is 0 Å². The van der Waals surface area contributed by atoms with Gasteiger partial charge in [-0.25, -0.2) is 0 Å². The quantitative estimate of drug-likeness (QED) is 0.389. The van der Waals surface area contributed by atoms with Crippen LogP contribution in [0.3, 0.4) is 0 Å². The first-order chi connectivity index (χ1) is 11.3. The maximum Gasteiger partial charge on any atom is 0.0738 e. The summed E-state index contributed by atoms with van der Waals surface area (Å²) in [4.78, 5) is 0. The van der Waals surface area contributed by atoms with Gasteiger partial charge in [0.15, 0.2) is 0 Å². The number of aliphatic hydroxyl groups is 2. The van der Waals surface area contributed by atoms with Crippen LogP contribution in [0.15, 0.2) is 5.16 Å². The molecule has 24 heavy (non-hydrogen) atoms. The van der Waals surface area contributed by atoms with Crippen molar-refractivity contribution in [3.8, 4) is 0 Å². The first-order valence-corrected chi connectivity index (χ1v) is 9.93. The highest BCUT2D eigenvalue weighted by atomic mass is 16.4. The van der Waals surface area contributed by atoms with E-state index in [0.29, 0.717) is 17.8 Å². The zero-order valence-corrected chi connectivity index (χ0v) is 15.1. The second-order valence-electron chi connectivity index (χ2n) is 9.71. The Hall–Kier alpha value is -0.610. The monoisotopic (exact) mass is 335 g/mol. The van der Waals surface area contributed by atoms with Crippen molar-refractivity contribution < 1.29 is 15.4 Å². The molecule has 0 heterocycles. The highest BCUT2D eigenvalue weighted by molar-refractivity contribution is 5.62. The fourth-order valence-corrected chi connectivity index (χ4v) is 7.56. The molecule has 4 nitrogen and oxygen atoms in total. The third-order valence-electron chi connectivity index (χ3n) is 9.14. The van der Waals surface area contributed by atoms with Crippen LogP contribution < -0.4 is 0 Å². The molecule has 3 N–H and O–H groups in total. The fraction of sp³-hybridized carbons (Fsp3) is 0.950. The molecule has 0 radical (unpaired) electrons. The van der Waals surface area contributed by atoms with Crippen molar-refractivity contribution in [3.05, 3.63) is 0 Å². The normalized spacial score (nSPS) is 57.4.